The first-order chi connectivity index (χ1) is 8.69. The zero-order valence-electron chi connectivity index (χ0n) is 11.1. The fourth-order valence-corrected chi connectivity index (χ4v) is 2.64. The van der Waals surface area contributed by atoms with Gasteiger partial charge in [0.1, 0.15) is 5.75 Å². The summed E-state index contributed by atoms with van der Waals surface area (Å²) in [7, 11) is 1.71. The van der Waals surface area contributed by atoms with E-state index in [9.17, 15) is 0 Å². The molecular formula is C14H21ClN2O. The van der Waals surface area contributed by atoms with Gasteiger partial charge in [-0.1, -0.05) is 11.6 Å². The number of hydrogen-bond acceptors (Lipinski definition) is 3. The van der Waals surface area contributed by atoms with E-state index in [-0.39, 0.29) is 0 Å². The Hall–Kier alpha value is -0.770. The molecule has 1 aromatic carbocycles. The summed E-state index contributed by atoms with van der Waals surface area (Å²) in [6.07, 6.45) is 1.19. The smallest absolute Gasteiger partial charge is 0.123 e. The van der Waals surface area contributed by atoms with E-state index in [1.54, 1.807) is 7.11 Å². The Morgan fingerprint density at radius 3 is 3.11 bits per heavy atom. The number of ether oxygens (including phenoxy) is 1. The highest BCUT2D eigenvalue weighted by Gasteiger charge is 2.16. The standard InChI is InChI=1S/C14H21ClN2O/c1-11-9-17(7-3-6-16-11)10-12-8-13(15)4-5-14(12)18-2/h4-5,8,11,16H,3,6-7,9-10H2,1-2H3. The van der Waals surface area contributed by atoms with E-state index in [4.69, 9.17) is 16.3 Å². The van der Waals surface area contributed by atoms with Gasteiger partial charge in [0.2, 0.25) is 0 Å². The average Bonchev–Trinajstić information content (AvgIpc) is 2.54. The third kappa shape index (κ3) is 3.61. The molecule has 4 heteroatoms. The van der Waals surface area contributed by atoms with Gasteiger partial charge in [0.25, 0.3) is 0 Å². The highest BCUT2D eigenvalue weighted by molar-refractivity contribution is 6.30. The predicted molar refractivity (Wildman–Crippen MR) is 75.4 cm³/mol. The van der Waals surface area contributed by atoms with E-state index in [1.165, 1.54) is 12.0 Å². The maximum Gasteiger partial charge on any atom is 0.123 e. The molecule has 2 rings (SSSR count). The molecule has 1 N–H and O–H groups in total. The highest BCUT2D eigenvalue weighted by atomic mass is 35.5. The Morgan fingerprint density at radius 1 is 1.50 bits per heavy atom. The fourth-order valence-electron chi connectivity index (χ4n) is 2.45. The molecule has 1 heterocycles. The molecule has 100 valence electrons. The van der Waals surface area contributed by atoms with Gasteiger partial charge in [-0.2, -0.15) is 0 Å². The Morgan fingerprint density at radius 2 is 2.33 bits per heavy atom. The van der Waals surface area contributed by atoms with Gasteiger partial charge in [-0.15, -0.1) is 0 Å². The van der Waals surface area contributed by atoms with Gasteiger partial charge < -0.3 is 10.1 Å². The molecule has 1 saturated heterocycles. The van der Waals surface area contributed by atoms with Crippen LogP contribution in [0.25, 0.3) is 0 Å². The lowest BCUT2D eigenvalue weighted by atomic mass is 10.1. The van der Waals surface area contributed by atoms with Crippen molar-refractivity contribution in [2.24, 2.45) is 0 Å². The lowest BCUT2D eigenvalue weighted by Crippen LogP contribution is -2.35. The van der Waals surface area contributed by atoms with Gasteiger partial charge in [0, 0.05) is 29.7 Å². The second kappa shape index (κ2) is 6.41. The third-order valence-corrected chi connectivity index (χ3v) is 3.55. The first-order valence-electron chi connectivity index (χ1n) is 6.47. The van der Waals surface area contributed by atoms with Crippen LogP contribution >= 0.6 is 11.6 Å². The van der Waals surface area contributed by atoms with E-state index >= 15 is 0 Å². The quantitative estimate of drug-likeness (QED) is 0.912. The molecule has 3 nitrogen and oxygen atoms in total. The van der Waals surface area contributed by atoms with E-state index in [0.717, 1.165) is 37.0 Å². The summed E-state index contributed by atoms with van der Waals surface area (Å²) >= 11 is 6.07. The second-order valence-corrected chi connectivity index (χ2v) is 5.34. The first-order valence-corrected chi connectivity index (χ1v) is 6.85. The van der Waals surface area contributed by atoms with Crippen molar-refractivity contribution >= 4 is 11.6 Å². The lowest BCUT2D eigenvalue weighted by molar-refractivity contribution is 0.260. The summed E-state index contributed by atoms with van der Waals surface area (Å²) in [5.74, 6) is 0.921. The van der Waals surface area contributed by atoms with Crippen LogP contribution in [0.1, 0.15) is 18.9 Å². The van der Waals surface area contributed by atoms with Crippen molar-refractivity contribution in [3.63, 3.8) is 0 Å². The Balaban J connectivity index is 2.09. The summed E-state index contributed by atoms with van der Waals surface area (Å²) in [5.41, 5.74) is 1.17. The van der Waals surface area contributed by atoms with Crippen molar-refractivity contribution < 1.29 is 4.74 Å². The largest absolute Gasteiger partial charge is 0.496 e. The van der Waals surface area contributed by atoms with Gasteiger partial charge in [0.15, 0.2) is 0 Å². The Bertz CT molecular complexity index is 397. The van der Waals surface area contributed by atoms with Crippen LogP contribution in [0, 0.1) is 0 Å². The van der Waals surface area contributed by atoms with Crippen molar-refractivity contribution in [2.75, 3.05) is 26.7 Å². The molecule has 1 aliphatic rings. The van der Waals surface area contributed by atoms with Gasteiger partial charge in [-0.05, 0) is 44.6 Å². The maximum atomic E-state index is 6.07. The van der Waals surface area contributed by atoms with E-state index in [1.807, 2.05) is 18.2 Å². The minimum absolute atomic E-state index is 0.540. The van der Waals surface area contributed by atoms with Crippen LogP contribution in [0.4, 0.5) is 0 Å². The molecule has 0 aromatic heterocycles. The summed E-state index contributed by atoms with van der Waals surface area (Å²) in [4.78, 5) is 2.46. The molecular weight excluding hydrogens is 248 g/mol. The number of hydrogen-bond donors (Lipinski definition) is 1. The minimum atomic E-state index is 0.540. The summed E-state index contributed by atoms with van der Waals surface area (Å²) in [5, 5.41) is 4.27. The average molecular weight is 269 g/mol. The monoisotopic (exact) mass is 268 g/mol. The molecule has 18 heavy (non-hydrogen) atoms. The zero-order valence-corrected chi connectivity index (χ0v) is 11.8. The second-order valence-electron chi connectivity index (χ2n) is 4.90. The molecule has 1 atom stereocenters. The fraction of sp³-hybridized carbons (Fsp3) is 0.571. The normalized spacial score (nSPS) is 21.6. The number of nitrogens with one attached hydrogen (secondary N) is 1. The van der Waals surface area contributed by atoms with Gasteiger partial charge in [-0.3, -0.25) is 4.90 Å². The highest BCUT2D eigenvalue weighted by Crippen LogP contribution is 2.24. The minimum Gasteiger partial charge on any atom is -0.496 e. The number of halogens is 1. The van der Waals surface area contributed by atoms with Crippen molar-refractivity contribution in [3.8, 4) is 5.75 Å². The number of nitrogens with zero attached hydrogens (tertiary/aromatic N) is 1. The number of rotatable bonds is 3. The van der Waals surface area contributed by atoms with E-state index in [0.29, 0.717) is 6.04 Å². The van der Waals surface area contributed by atoms with Crippen LogP contribution < -0.4 is 10.1 Å². The predicted octanol–water partition coefficient (Wildman–Crippen LogP) is 2.53. The lowest BCUT2D eigenvalue weighted by Gasteiger charge is -2.23. The zero-order chi connectivity index (χ0) is 13.0. The molecule has 1 aliphatic heterocycles. The van der Waals surface area contributed by atoms with E-state index < -0.39 is 0 Å². The van der Waals surface area contributed by atoms with Crippen LogP contribution in [0.5, 0.6) is 5.75 Å². The third-order valence-electron chi connectivity index (χ3n) is 3.31. The number of methoxy groups -OCH3 is 1. The van der Waals surface area contributed by atoms with Crippen LogP contribution in [0.2, 0.25) is 5.02 Å². The van der Waals surface area contributed by atoms with Crippen molar-refractivity contribution in [2.45, 2.75) is 25.9 Å². The molecule has 0 aliphatic carbocycles. The SMILES string of the molecule is COc1ccc(Cl)cc1CN1CCCNC(C)C1. The Kier molecular flexibility index (Phi) is 4.87. The Labute approximate surface area is 114 Å². The van der Waals surface area contributed by atoms with Gasteiger partial charge in [0.05, 0.1) is 7.11 Å². The van der Waals surface area contributed by atoms with Crippen molar-refractivity contribution in [1.82, 2.24) is 10.2 Å². The number of benzene rings is 1. The molecule has 0 bridgehead atoms. The van der Waals surface area contributed by atoms with Crippen molar-refractivity contribution in [3.05, 3.63) is 28.8 Å². The molecule has 0 radical (unpaired) electrons. The first kappa shape index (κ1) is 13.7. The van der Waals surface area contributed by atoms with Gasteiger partial charge in [-0.25, -0.2) is 0 Å². The molecule has 1 unspecified atom stereocenters. The van der Waals surface area contributed by atoms with Crippen LogP contribution in [-0.2, 0) is 6.54 Å². The van der Waals surface area contributed by atoms with E-state index in [2.05, 4.69) is 17.1 Å². The van der Waals surface area contributed by atoms with Crippen LogP contribution in [-0.4, -0.2) is 37.7 Å². The molecule has 1 fully saturated rings. The van der Waals surface area contributed by atoms with Crippen molar-refractivity contribution in [1.29, 1.82) is 0 Å². The van der Waals surface area contributed by atoms with Crippen LogP contribution in [0.15, 0.2) is 18.2 Å². The molecule has 0 spiro atoms. The summed E-state index contributed by atoms with van der Waals surface area (Å²) in [6.45, 7) is 6.41. The molecule has 0 amide bonds. The summed E-state index contributed by atoms with van der Waals surface area (Å²) in [6, 6.07) is 6.36. The maximum absolute atomic E-state index is 6.07. The van der Waals surface area contributed by atoms with Gasteiger partial charge >= 0.3 is 0 Å². The molecule has 1 aromatic rings. The topological polar surface area (TPSA) is 24.5 Å². The van der Waals surface area contributed by atoms with Crippen LogP contribution in [0.3, 0.4) is 0 Å². The molecule has 0 saturated carbocycles. The summed E-state index contributed by atoms with van der Waals surface area (Å²) < 4.78 is 5.40.